The van der Waals surface area contributed by atoms with Gasteiger partial charge in [-0.1, -0.05) is 0 Å². The Bertz CT molecular complexity index is 392. The zero-order chi connectivity index (χ0) is 13.4. The summed E-state index contributed by atoms with van der Waals surface area (Å²) < 4.78 is 24.5. The monoisotopic (exact) mass is 276 g/mol. The molecular weight excluding hydrogens is 252 g/mol. The van der Waals surface area contributed by atoms with E-state index >= 15 is 0 Å². The van der Waals surface area contributed by atoms with Crippen LogP contribution in [0.1, 0.15) is 6.42 Å². The first-order valence-corrected chi connectivity index (χ1v) is 8.31. The third-order valence-corrected chi connectivity index (χ3v) is 5.58. The van der Waals surface area contributed by atoms with Crippen molar-refractivity contribution in [2.24, 2.45) is 5.73 Å². The van der Waals surface area contributed by atoms with Crippen molar-refractivity contribution in [1.29, 1.82) is 0 Å². The van der Waals surface area contributed by atoms with Gasteiger partial charge in [0.15, 0.2) is 0 Å². The van der Waals surface area contributed by atoms with E-state index in [2.05, 4.69) is 16.8 Å². The zero-order valence-corrected chi connectivity index (χ0v) is 12.1. The van der Waals surface area contributed by atoms with Gasteiger partial charge in [-0.25, -0.2) is 8.42 Å². The molecule has 2 saturated heterocycles. The summed E-state index contributed by atoms with van der Waals surface area (Å²) in [4.78, 5) is 4.69. The molecule has 2 rings (SSSR count). The Hall–Kier alpha value is -0.210. The maximum Gasteiger partial charge on any atom is 0.211 e. The van der Waals surface area contributed by atoms with E-state index in [4.69, 9.17) is 5.73 Å². The highest BCUT2D eigenvalue weighted by molar-refractivity contribution is 7.88. The predicted octanol–water partition coefficient (Wildman–Crippen LogP) is -1.40. The highest BCUT2D eigenvalue weighted by atomic mass is 32.2. The van der Waals surface area contributed by atoms with E-state index in [1.54, 1.807) is 4.31 Å². The van der Waals surface area contributed by atoms with Gasteiger partial charge in [-0.2, -0.15) is 4.31 Å². The summed E-state index contributed by atoms with van der Waals surface area (Å²) in [5.74, 6) is 0. The average molecular weight is 276 g/mol. The summed E-state index contributed by atoms with van der Waals surface area (Å²) in [6.07, 6.45) is 2.36. The molecule has 0 aromatic rings. The first-order chi connectivity index (χ1) is 8.37. The Balaban J connectivity index is 2.01. The molecule has 0 amide bonds. The lowest BCUT2D eigenvalue weighted by Gasteiger charge is -2.44. The normalized spacial score (nSPS) is 33.1. The van der Waals surface area contributed by atoms with Crippen molar-refractivity contribution < 1.29 is 8.42 Å². The highest BCUT2D eigenvalue weighted by Crippen LogP contribution is 2.27. The van der Waals surface area contributed by atoms with E-state index in [9.17, 15) is 8.42 Å². The van der Waals surface area contributed by atoms with Crippen LogP contribution in [0.15, 0.2) is 0 Å². The van der Waals surface area contributed by atoms with Gasteiger partial charge >= 0.3 is 0 Å². The van der Waals surface area contributed by atoms with Crippen LogP contribution in [0.4, 0.5) is 0 Å². The Morgan fingerprint density at radius 1 is 1.17 bits per heavy atom. The lowest BCUT2D eigenvalue weighted by Crippen LogP contribution is -2.61. The summed E-state index contributed by atoms with van der Waals surface area (Å²) >= 11 is 0. The molecule has 2 fully saturated rings. The highest BCUT2D eigenvalue weighted by Gasteiger charge is 2.42. The minimum Gasteiger partial charge on any atom is -0.329 e. The molecule has 18 heavy (non-hydrogen) atoms. The fraction of sp³-hybridized carbons (Fsp3) is 1.00. The number of hydrogen-bond acceptors (Lipinski definition) is 5. The average Bonchev–Trinajstić information content (AvgIpc) is 2.71. The number of nitrogens with two attached hydrogens (primary N) is 1. The van der Waals surface area contributed by atoms with Crippen molar-refractivity contribution in [1.82, 2.24) is 14.1 Å². The molecule has 2 N–H and O–H groups in total. The van der Waals surface area contributed by atoms with E-state index < -0.39 is 10.0 Å². The molecule has 2 aliphatic rings. The van der Waals surface area contributed by atoms with Gasteiger partial charge in [0, 0.05) is 44.8 Å². The fourth-order valence-electron chi connectivity index (χ4n) is 3.11. The van der Waals surface area contributed by atoms with Crippen LogP contribution in [0, 0.1) is 0 Å². The standard InChI is InChI=1S/C11H24N4O2S/c1-13-4-3-11(9-12,10-13)14-5-7-15(8-6-14)18(2,16)17/h3-10,12H2,1-2H3. The molecule has 106 valence electrons. The fourth-order valence-corrected chi connectivity index (χ4v) is 3.93. The Morgan fingerprint density at radius 3 is 2.17 bits per heavy atom. The molecule has 0 aromatic heterocycles. The van der Waals surface area contributed by atoms with Crippen LogP contribution in [-0.2, 0) is 10.0 Å². The number of nitrogens with zero attached hydrogens (tertiary/aromatic N) is 3. The molecular formula is C11H24N4O2S. The molecule has 0 spiro atoms. The number of hydrogen-bond donors (Lipinski definition) is 1. The van der Waals surface area contributed by atoms with Crippen LogP contribution in [-0.4, -0.2) is 87.2 Å². The molecule has 0 radical (unpaired) electrons. The van der Waals surface area contributed by atoms with Gasteiger partial charge in [-0.15, -0.1) is 0 Å². The molecule has 0 bridgehead atoms. The van der Waals surface area contributed by atoms with Gasteiger partial charge in [-0.3, -0.25) is 4.90 Å². The molecule has 1 unspecified atom stereocenters. The number of sulfonamides is 1. The molecule has 6 nitrogen and oxygen atoms in total. The largest absolute Gasteiger partial charge is 0.329 e. The molecule has 2 heterocycles. The molecule has 2 aliphatic heterocycles. The topological polar surface area (TPSA) is 69.9 Å². The van der Waals surface area contributed by atoms with Gasteiger partial charge in [0.2, 0.25) is 10.0 Å². The summed E-state index contributed by atoms with van der Waals surface area (Å²) in [6.45, 7) is 5.47. The maximum atomic E-state index is 11.5. The van der Waals surface area contributed by atoms with Gasteiger partial charge < -0.3 is 10.6 Å². The second kappa shape index (κ2) is 5.05. The van der Waals surface area contributed by atoms with Crippen molar-refractivity contribution >= 4 is 10.0 Å². The van der Waals surface area contributed by atoms with Crippen LogP contribution in [0.25, 0.3) is 0 Å². The first-order valence-electron chi connectivity index (χ1n) is 6.46. The maximum absolute atomic E-state index is 11.5. The van der Waals surface area contributed by atoms with Crippen molar-refractivity contribution in [2.45, 2.75) is 12.0 Å². The summed E-state index contributed by atoms with van der Waals surface area (Å²) in [6, 6.07) is 0. The zero-order valence-electron chi connectivity index (χ0n) is 11.3. The van der Waals surface area contributed by atoms with E-state index in [1.807, 2.05) is 0 Å². The number of rotatable bonds is 3. The van der Waals surface area contributed by atoms with Crippen molar-refractivity contribution in [3.8, 4) is 0 Å². The summed E-state index contributed by atoms with van der Waals surface area (Å²) in [5, 5.41) is 0. The van der Waals surface area contributed by atoms with Crippen LogP contribution in [0.3, 0.4) is 0 Å². The van der Waals surface area contributed by atoms with E-state index in [0.717, 1.165) is 32.6 Å². The second-order valence-electron chi connectivity index (χ2n) is 5.57. The predicted molar refractivity (Wildman–Crippen MR) is 71.9 cm³/mol. The lowest BCUT2D eigenvalue weighted by atomic mass is 9.95. The van der Waals surface area contributed by atoms with Crippen LogP contribution >= 0.6 is 0 Å². The smallest absolute Gasteiger partial charge is 0.211 e. The van der Waals surface area contributed by atoms with Crippen molar-refractivity contribution in [3.05, 3.63) is 0 Å². The Morgan fingerprint density at radius 2 is 1.78 bits per heavy atom. The van der Waals surface area contributed by atoms with E-state index in [-0.39, 0.29) is 5.54 Å². The van der Waals surface area contributed by atoms with Crippen molar-refractivity contribution in [3.63, 3.8) is 0 Å². The van der Waals surface area contributed by atoms with Crippen LogP contribution in [0.2, 0.25) is 0 Å². The third-order valence-electron chi connectivity index (χ3n) is 4.28. The Labute approximate surface area is 110 Å². The minimum atomic E-state index is -3.05. The first kappa shape index (κ1) is 14.2. The quantitative estimate of drug-likeness (QED) is 0.686. The molecule has 1 atom stereocenters. The van der Waals surface area contributed by atoms with E-state index in [0.29, 0.717) is 19.6 Å². The van der Waals surface area contributed by atoms with Gasteiger partial charge in [0.25, 0.3) is 0 Å². The number of piperazine rings is 1. The van der Waals surface area contributed by atoms with Crippen LogP contribution in [0.5, 0.6) is 0 Å². The second-order valence-corrected chi connectivity index (χ2v) is 7.55. The summed E-state index contributed by atoms with van der Waals surface area (Å²) in [7, 11) is -0.930. The van der Waals surface area contributed by atoms with Crippen molar-refractivity contribution in [2.75, 3.05) is 59.1 Å². The van der Waals surface area contributed by atoms with E-state index in [1.165, 1.54) is 6.26 Å². The third kappa shape index (κ3) is 2.70. The molecule has 0 aromatic carbocycles. The summed E-state index contributed by atoms with van der Waals surface area (Å²) in [5.41, 5.74) is 6.04. The van der Waals surface area contributed by atoms with Gasteiger partial charge in [0.1, 0.15) is 0 Å². The molecule has 0 saturated carbocycles. The van der Waals surface area contributed by atoms with Gasteiger partial charge in [0.05, 0.1) is 6.26 Å². The Kier molecular flexibility index (Phi) is 3.99. The number of likely N-dealkylation sites (tertiary alicyclic amines) is 1. The lowest BCUT2D eigenvalue weighted by molar-refractivity contribution is 0.0661. The molecule has 7 heteroatoms. The van der Waals surface area contributed by atoms with Gasteiger partial charge in [-0.05, 0) is 20.0 Å². The SMILES string of the molecule is CN1CCC(CN)(N2CCN(S(C)(=O)=O)CC2)C1. The minimum absolute atomic E-state index is 0.0539. The van der Waals surface area contributed by atoms with Crippen LogP contribution < -0.4 is 5.73 Å². The molecule has 0 aliphatic carbocycles. The number of likely N-dealkylation sites (N-methyl/N-ethyl adjacent to an activating group) is 1.